The Kier molecular flexibility index (Phi) is 3.90. The van der Waals surface area contributed by atoms with Gasteiger partial charge in [-0.2, -0.15) is 0 Å². The third kappa shape index (κ3) is 2.06. The van der Waals surface area contributed by atoms with Crippen molar-refractivity contribution in [2.75, 3.05) is 0 Å². The minimum atomic E-state index is 0.511. The molecule has 0 bridgehead atoms. The maximum Gasteiger partial charge on any atom is 0.00463 e. The lowest BCUT2D eigenvalue weighted by Crippen LogP contribution is -2.05. The largest absolute Gasteiger partial charge is 0.143 e. The predicted molar refractivity (Wildman–Crippen MR) is 77.5 cm³/mol. The monoisotopic (exact) mass is 234 g/mol. The van der Waals surface area contributed by atoms with Crippen LogP contribution < -0.4 is 0 Å². The van der Waals surface area contributed by atoms with Gasteiger partial charge in [0.05, 0.1) is 0 Å². The van der Waals surface area contributed by atoms with E-state index in [1.54, 1.807) is 0 Å². The van der Waals surface area contributed by atoms with Crippen LogP contribution in [0.3, 0.4) is 0 Å². The highest BCUT2D eigenvalue weighted by Gasteiger charge is 2.17. The maximum atomic E-state index is 4.46. The molecule has 0 radical (unpaired) electrons. The molecule has 88 valence electrons. The van der Waals surface area contributed by atoms with Crippen molar-refractivity contribution < 1.29 is 0 Å². The van der Waals surface area contributed by atoms with Crippen LogP contribution >= 0.6 is 12.6 Å². The molecule has 0 aliphatic carbocycles. The van der Waals surface area contributed by atoms with E-state index < -0.39 is 0 Å². The van der Waals surface area contributed by atoms with E-state index in [4.69, 9.17) is 0 Å². The van der Waals surface area contributed by atoms with Gasteiger partial charge in [0.15, 0.2) is 0 Å². The molecule has 0 atom stereocenters. The van der Waals surface area contributed by atoms with Crippen molar-refractivity contribution in [2.24, 2.45) is 0 Å². The smallest absolute Gasteiger partial charge is 0.00463 e. The molecule has 0 N–H and O–H groups in total. The fraction of sp³-hybridized carbons (Fsp3) is 0.467. The lowest BCUT2D eigenvalue weighted by atomic mass is 9.84. The van der Waals surface area contributed by atoms with Crippen LogP contribution in [0.2, 0.25) is 0 Å². The van der Waals surface area contributed by atoms with Gasteiger partial charge in [0.25, 0.3) is 0 Å². The van der Waals surface area contributed by atoms with E-state index in [2.05, 4.69) is 60.8 Å². The number of benzene rings is 1. The molecule has 16 heavy (non-hydrogen) atoms. The van der Waals surface area contributed by atoms with Crippen LogP contribution in [0.4, 0.5) is 0 Å². The zero-order valence-corrected chi connectivity index (χ0v) is 12.1. The zero-order chi connectivity index (χ0) is 12.6. The molecular formula is C15H22S. The zero-order valence-electron chi connectivity index (χ0n) is 11.2. The molecule has 0 nitrogen and oxygen atoms in total. The van der Waals surface area contributed by atoms with E-state index in [1.165, 1.54) is 33.4 Å². The molecule has 0 amide bonds. The fourth-order valence-corrected chi connectivity index (χ4v) is 2.72. The molecule has 0 saturated heterocycles. The average molecular weight is 234 g/mol. The summed E-state index contributed by atoms with van der Waals surface area (Å²) in [5.74, 6) is 0.511. The van der Waals surface area contributed by atoms with Gasteiger partial charge in [0, 0.05) is 4.91 Å². The number of hydrogen-bond acceptors (Lipinski definition) is 1. The van der Waals surface area contributed by atoms with Crippen LogP contribution in [-0.4, -0.2) is 0 Å². The summed E-state index contributed by atoms with van der Waals surface area (Å²) >= 11 is 4.46. The van der Waals surface area contributed by atoms with Crippen molar-refractivity contribution in [3.8, 4) is 0 Å². The summed E-state index contributed by atoms with van der Waals surface area (Å²) in [6, 6.07) is 0. The van der Waals surface area contributed by atoms with Crippen molar-refractivity contribution >= 4 is 17.5 Å². The molecule has 0 aliphatic rings. The summed E-state index contributed by atoms with van der Waals surface area (Å²) in [6.45, 7) is 17.2. The van der Waals surface area contributed by atoms with Crippen LogP contribution in [0.1, 0.15) is 53.1 Å². The number of hydrogen-bond donors (Lipinski definition) is 1. The van der Waals surface area contributed by atoms with Crippen LogP contribution in [0.25, 0.3) is 4.91 Å². The van der Waals surface area contributed by atoms with Gasteiger partial charge in [0.2, 0.25) is 0 Å². The van der Waals surface area contributed by atoms with Gasteiger partial charge in [-0.25, -0.2) is 0 Å². The lowest BCUT2D eigenvalue weighted by Gasteiger charge is -2.23. The van der Waals surface area contributed by atoms with E-state index >= 15 is 0 Å². The third-order valence-corrected chi connectivity index (χ3v) is 3.83. The van der Waals surface area contributed by atoms with E-state index in [0.29, 0.717) is 5.92 Å². The molecule has 0 heterocycles. The fourth-order valence-electron chi connectivity index (χ4n) is 2.44. The van der Waals surface area contributed by atoms with E-state index in [1.807, 2.05) is 0 Å². The Bertz CT molecular complexity index is 439. The van der Waals surface area contributed by atoms with E-state index in [9.17, 15) is 0 Å². The number of rotatable bonds is 2. The first kappa shape index (κ1) is 13.4. The van der Waals surface area contributed by atoms with Gasteiger partial charge >= 0.3 is 0 Å². The Morgan fingerprint density at radius 3 is 1.75 bits per heavy atom. The van der Waals surface area contributed by atoms with Gasteiger partial charge in [-0.15, -0.1) is 12.6 Å². The molecule has 1 rings (SSSR count). The predicted octanol–water partition coefficient (Wildman–Crippen LogP) is 4.94. The summed E-state index contributed by atoms with van der Waals surface area (Å²) in [5.41, 5.74) is 8.14. The Labute approximate surface area is 105 Å². The van der Waals surface area contributed by atoms with E-state index in [0.717, 1.165) is 4.91 Å². The number of thiol groups is 1. The highest BCUT2D eigenvalue weighted by molar-refractivity contribution is 7.90. The van der Waals surface area contributed by atoms with Gasteiger partial charge in [-0.1, -0.05) is 20.4 Å². The molecule has 0 aliphatic heterocycles. The van der Waals surface area contributed by atoms with Crippen molar-refractivity contribution in [2.45, 2.75) is 47.5 Å². The first-order chi connectivity index (χ1) is 7.29. The molecule has 0 spiro atoms. The molecule has 0 fully saturated rings. The van der Waals surface area contributed by atoms with Crippen molar-refractivity contribution in [3.05, 3.63) is 40.0 Å². The SMILES string of the molecule is C=C(S)c1c(C)c(C)c(C)c(C)c1C(C)C. The normalized spacial score (nSPS) is 11.0. The first-order valence-electron chi connectivity index (χ1n) is 5.77. The Hall–Kier alpha value is -0.690. The van der Waals surface area contributed by atoms with Crippen LogP contribution in [0.15, 0.2) is 6.58 Å². The molecule has 1 aromatic rings. The molecule has 0 aromatic heterocycles. The quantitative estimate of drug-likeness (QED) is 0.688. The molecule has 0 saturated carbocycles. The third-order valence-electron chi connectivity index (χ3n) is 3.60. The highest BCUT2D eigenvalue weighted by atomic mass is 32.1. The second-order valence-electron chi connectivity index (χ2n) is 4.89. The van der Waals surface area contributed by atoms with Crippen LogP contribution in [0, 0.1) is 27.7 Å². The maximum absolute atomic E-state index is 4.46. The summed E-state index contributed by atoms with van der Waals surface area (Å²) in [4.78, 5) is 0.882. The topological polar surface area (TPSA) is 0 Å². The molecule has 0 unspecified atom stereocenters. The van der Waals surface area contributed by atoms with Crippen molar-refractivity contribution in [1.82, 2.24) is 0 Å². The van der Waals surface area contributed by atoms with E-state index in [-0.39, 0.29) is 0 Å². The Balaban J connectivity index is 3.76. The summed E-state index contributed by atoms with van der Waals surface area (Å²) in [5, 5.41) is 0. The molecule has 1 aromatic carbocycles. The Morgan fingerprint density at radius 1 is 0.938 bits per heavy atom. The first-order valence-corrected chi connectivity index (χ1v) is 6.22. The van der Waals surface area contributed by atoms with Gasteiger partial charge in [0.1, 0.15) is 0 Å². The van der Waals surface area contributed by atoms with Gasteiger partial charge in [-0.05, 0) is 67.0 Å². The van der Waals surface area contributed by atoms with Crippen molar-refractivity contribution in [3.63, 3.8) is 0 Å². The van der Waals surface area contributed by atoms with Crippen LogP contribution in [-0.2, 0) is 0 Å². The Morgan fingerprint density at radius 2 is 1.38 bits per heavy atom. The van der Waals surface area contributed by atoms with Crippen molar-refractivity contribution in [1.29, 1.82) is 0 Å². The highest BCUT2D eigenvalue weighted by Crippen LogP contribution is 2.36. The van der Waals surface area contributed by atoms with Gasteiger partial charge in [-0.3, -0.25) is 0 Å². The summed E-state index contributed by atoms with van der Waals surface area (Å²) in [7, 11) is 0. The van der Waals surface area contributed by atoms with Crippen LogP contribution in [0.5, 0.6) is 0 Å². The molecular weight excluding hydrogens is 212 g/mol. The molecule has 1 heteroatoms. The summed E-state index contributed by atoms with van der Waals surface area (Å²) in [6.07, 6.45) is 0. The standard InChI is InChI=1S/C15H22S/c1-8(2)14-11(5)9(3)10(4)12(6)15(14)13(7)16/h8,16H,7H2,1-6H3. The minimum Gasteiger partial charge on any atom is -0.143 e. The average Bonchev–Trinajstić information content (AvgIpc) is 2.18. The second kappa shape index (κ2) is 4.67. The van der Waals surface area contributed by atoms with Gasteiger partial charge < -0.3 is 0 Å². The summed E-state index contributed by atoms with van der Waals surface area (Å²) < 4.78 is 0. The second-order valence-corrected chi connectivity index (χ2v) is 5.43. The lowest BCUT2D eigenvalue weighted by molar-refractivity contribution is 0.846. The minimum absolute atomic E-state index is 0.511.